The van der Waals surface area contributed by atoms with Crippen LogP contribution in [0.25, 0.3) is 5.65 Å². The van der Waals surface area contributed by atoms with Crippen molar-refractivity contribution in [3.63, 3.8) is 0 Å². The molecule has 2 N–H and O–H groups in total. The van der Waals surface area contributed by atoms with Crippen LogP contribution in [0.5, 0.6) is 5.88 Å². The smallest absolute Gasteiger partial charge is 0.344 e. The zero-order chi connectivity index (χ0) is 20.4. The monoisotopic (exact) mass is 387 g/mol. The molecule has 3 aromatic heterocycles. The fourth-order valence-corrected chi connectivity index (χ4v) is 2.57. The summed E-state index contributed by atoms with van der Waals surface area (Å²) in [6.45, 7) is 9.02. The molecular weight excluding hydrogens is 366 g/mol. The molecule has 3 aromatic rings. The summed E-state index contributed by atoms with van der Waals surface area (Å²) in [5, 5.41) is 18.9. The molecule has 0 unspecified atom stereocenters. The number of azo groups is 1. The fourth-order valence-electron chi connectivity index (χ4n) is 2.57. The number of hydrogen-bond donors (Lipinski definition) is 2. The molecule has 0 saturated carbocycles. The van der Waals surface area contributed by atoms with Gasteiger partial charge in [-0.1, -0.05) is 0 Å². The lowest BCUT2D eigenvalue weighted by Crippen LogP contribution is -2.13. The highest BCUT2D eigenvalue weighted by molar-refractivity contribution is 5.95. The minimum Gasteiger partial charge on any atom is -0.476 e. The highest BCUT2D eigenvalue weighted by atomic mass is 16.5. The Morgan fingerprint density at radius 2 is 2.07 bits per heavy atom. The van der Waals surface area contributed by atoms with E-state index in [-0.39, 0.29) is 29.1 Å². The van der Waals surface area contributed by atoms with Crippen LogP contribution < -0.4 is 10.3 Å². The summed E-state index contributed by atoms with van der Waals surface area (Å²) in [6.07, 6.45) is -0.301. The SMILES string of the molecule is CCOc1c(/N=N/c2n[nH]c(C)c2C(=O)OC(C)C)c(=O)[nH]c2cc(C)nn12. The number of aromatic amines is 2. The van der Waals surface area contributed by atoms with Crippen molar-refractivity contribution in [2.24, 2.45) is 10.2 Å². The normalized spacial score (nSPS) is 11.6. The summed E-state index contributed by atoms with van der Waals surface area (Å²) >= 11 is 0. The van der Waals surface area contributed by atoms with Crippen molar-refractivity contribution in [1.82, 2.24) is 24.8 Å². The van der Waals surface area contributed by atoms with Crippen molar-refractivity contribution in [1.29, 1.82) is 0 Å². The topological polar surface area (TPSA) is 139 Å². The molecule has 0 saturated heterocycles. The molecule has 0 amide bonds. The summed E-state index contributed by atoms with van der Waals surface area (Å²) in [7, 11) is 0. The lowest BCUT2D eigenvalue weighted by Gasteiger charge is -2.08. The van der Waals surface area contributed by atoms with Gasteiger partial charge in [0.25, 0.3) is 11.4 Å². The number of fused-ring (bicyclic) bond motifs is 1. The van der Waals surface area contributed by atoms with Crippen LogP contribution in [0.4, 0.5) is 11.5 Å². The molecule has 0 aromatic carbocycles. The average Bonchev–Trinajstić information content (AvgIpc) is 3.15. The second-order valence-corrected chi connectivity index (χ2v) is 6.32. The highest BCUT2D eigenvalue weighted by Crippen LogP contribution is 2.27. The molecule has 0 aliphatic carbocycles. The van der Waals surface area contributed by atoms with Gasteiger partial charge in [-0.3, -0.25) is 9.89 Å². The number of aryl methyl sites for hydroxylation is 2. The van der Waals surface area contributed by atoms with Gasteiger partial charge in [-0.25, -0.2) is 4.79 Å². The third-order valence-electron chi connectivity index (χ3n) is 3.68. The second kappa shape index (κ2) is 7.62. The number of nitrogens with one attached hydrogen (secondary N) is 2. The summed E-state index contributed by atoms with van der Waals surface area (Å²) < 4.78 is 12.2. The number of rotatable bonds is 6. The molecule has 3 heterocycles. The van der Waals surface area contributed by atoms with Crippen molar-refractivity contribution in [2.45, 2.75) is 40.7 Å². The third-order valence-corrected chi connectivity index (χ3v) is 3.68. The number of nitrogens with zero attached hydrogens (tertiary/aromatic N) is 5. The van der Waals surface area contributed by atoms with Crippen LogP contribution in [0.2, 0.25) is 0 Å². The minimum atomic E-state index is -0.577. The predicted octanol–water partition coefficient (Wildman–Crippen LogP) is 2.74. The Balaban J connectivity index is 2.07. The van der Waals surface area contributed by atoms with Gasteiger partial charge in [0, 0.05) is 11.8 Å². The third kappa shape index (κ3) is 3.63. The van der Waals surface area contributed by atoms with E-state index in [0.29, 0.717) is 23.6 Å². The fraction of sp³-hybridized carbons (Fsp3) is 0.412. The molecule has 0 aliphatic rings. The molecule has 11 nitrogen and oxygen atoms in total. The maximum Gasteiger partial charge on any atom is 0.344 e. The van der Waals surface area contributed by atoms with Crippen molar-refractivity contribution < 1.29 is 14.3 Å². The quantitative estimate of drug-likeness (QED) is 0.492. The van der Waals surface area contributed by atoms with Crippen LogP contribution in [0, 0.1) is 13.8 Å². The van der Waals surface area contributed by atoms with E-state index in [0.717, 1.165) is 0 Å². The number of carbonyl (C=O) groups excluding carboxylic acids is 1. The van der Waals surface area contributed by atoms with Gasteiger partial charge in [-0.15, -0.1) is 10.2 Å². The lowest BCUT2D eigenvalue weighted by atomic mass is 10.2. The average molecular weight is 387 g/mol. The lowest BCUT2D eigenvalue weighted by molar-refractivity contribution is 0.0378. The Hall–Kier alpha value is -3.50. The number of carbonyl (C=O) groups is 1. The van der Waals surface area contributed by atoms with E-state index in [2.05, 4.69) is 30.5 Å². The number of ether oxygens (including phenoxy) is 2. The van der Waals surface area contributed by atoms with Gasteiger partial charge in [0.05, 0.1) is 18.4 Å². The molecule has 28 heavy (non-hydrogen) atoms. The largest absolute Gasteiger partial charge is 0.476 e. The van der Waals surface area contributed by atoms with Crippen LogP contribution in [0.3, 0.4) is 0 Å². The first-order valence-electron chi connectivity index (χ1n) is 8.75. The molecule has 148 valence electrons. The highest BCUT2D eigenvalue weighted by Gasteiger charge is 2.22. The molecule has 0 fully saturated rings. The van der Waals surface area contributed by atoms with Gasteiger partial charge < -0.3 is 14.5 Å². The van der Waals surface area contributed by atoms with E-state index in [4.69, 9.17) is 9.47 Å². The molecule has 11 heteroatoms. The van der Waals surface area contributed by atoms with Gasteiger partial charge in [-0.2, -0.15) is 14.7 Å². The van der Waals surface area contributed by atoms with Gasteiger partial charge in [-0.05, 0) is 34.6 Å². The van der Waals surface area contributed by atoms with Crippen LogP contribution in [0.1, 0.15) is 42.5 Å². The zero-order valence-corrected chi connectivity index (χ0v) is 16.2. The molecular formula is C17H21N7O4. The maximum atomic E-state index is 12.5. The van der Waals surface area contributed by atoms with Crippen LogP contribution in [-0.4, -0.2) is 43.5 Å². The molecule has 0 spiro atoms. The Kier molecular flexibility index (Phi) is 5.25. The Bertz CT molecular complexity index is 1110. The molecule has 0 bridgehead atoms. The Morgan fingerprint density at radius 1 is 1.32 bits per heavy atom. The number of H-pyrrole nitrogens is 2. The van der Waals surface area contributed by atoms with Gasteiger partial charge in [0.15, 0.2) is 0 Å². The van der Waals surface area contributed by atoms with E-state index >= 15 is 0 Å². The van der Waals surface area contributed by atoms with Crippen molar-refractivity contribution in [2.75, 3.05) is 6.61 Å². The molecule has 3 rings (SSSR count). The van der Waals surface area contributed by atoms with E-state index in [1.165, 1.54) is 4.52 Å². The number of aromatic nitrogens is 5. The summed E-state index contributed by atoms with van der Waals surface area (Å²) in [4.78, 5) is 27.4. The first-order valence-corrected chi connectivity index (χ1v) is 8.75. The second-order valence-electron chi connectivity index (χ2n) is 6.32. The van der Waals surface area contributed by atoms with E-state index in [1.54, 1.807) is 40.7 Å². The molecule has 0 radical (unpaired) electrons. The van der Waals surface area contributed by atoms with Crippen molar-refractivity contribution in [3.8, 4) is 5.88 Å². The van der Waals surface area contributed by atoms with Crippen LogP contribution >= 0.6 is 0 Å². The van der Waals surface area contributed by atoms with Gasteiger partial charge in [0.1, 0.15) is 11.2 Å². The molecule has 0 atom stereocenters. The summed E-state index contributed by atoms with van der Waals surface area (Å²) in [5.41, 5.74) is 1.23. The Labute approximate surface area is 159 Å². The standard InChI is InChI=1S/C17H21N7O4/c1-6-27-16-13(15(25)18-11-7-9(4)23-24(11)16)20-22-14-12(10(5)19-21-14)17(26)28-8(2)3/h7-8H,6H2,1-5H3,(H,18,25)(H,19,21)/b22-20+. The molecule has 0 aliphatic heterocycles. The first kappa shape index (κ1) is 19.3. The summed E-state index contributed by atoms with van der Waals surface area (Å²) in [5.74, 6) is -0.411. The Morgan fingerprint density at radius 3 is 2.75 bits per heavy atom. The number of hydrogen-bond acceptors (Lipinski definition) is 8. The minimum absolute atomic E-state index is 0.0155. The van der Waals surface area contributed by atoms with Crippen molar-refractivity contribution in [3.05, 3.63) is 33.4 Å². The van der Waals surface area contributed by atoms with Crippen LogP contribution in [0.15, 0.2) is 21.1 Å². The van der Waals surface area contributed by atoms with Gasteiger partial charge in [0.2, 0.25) is 11.5 Å². The number of esters is 1. The van der Waals surface area contributed by atoms with E-state index < -0.39 is 11.5 Å². The maximum absolute atomic E-state index is 12.5. The van der Waals surface area contributed by atoms with E-state index in [1.807, 2.05) is 0 Å². The first-order chi connectivity index (χ1) is 13.3. The zero-order valence-electron chi connectivity index (χ0n) is 16.2. The van der Waals surface area contributed by atoms with Crippen molar-refractivity contribution >= 4 is 23.1 Å². The summed E-state index contributed by atoms with van der Waals surface area (Å²) in [6, 6.07) is 1.71. The predicted molar refractivity (Wildman–Crippen MR) is 99.8 cm³/mol. The van der Waals surface area contributed by atoms with Crippen LogP contribution in [-0.2, 0) is 4.74 Å². The van der Waals surface area contributed by atoms with Gasteiger partial charge >= 0.3 is 5.97 Å². The van der Waals surface area contributed by atoms with E-state index in [9.17, 15) is 9.59 Å².